The number of hydrogen-bond acceptors (Lipinski definition) is 5. The van der Waals surface area contributed by atoms with E-state index in [1.54, 1.807) is 6.20 Å². The Balaban J connectivity index is 1.54. The van der Waals surface area contributed by atoms with Gasteiger partial charge < -0.3 is 10.6 Å². The van der Waals surface area contributed by atoms with Gasteiger partial charge in [0.2, 0.25) is 11.8 Å². The van der Waals surface area contributed by atoms with Crippen LogP contribution in [0, 0.1) is 6.92 Å². The number of nitrogens with one attached hydrogen (secondary N) is 2. The third-order valence-electron chi connectivity index (χ3n) is 3.53. The standard InChI is InChI=1S/C16H17N3O2S2/c1-10-8-17-16(23-10)19-14(20)9-22-13-7-6-11-4-2-3-5-12(11)18-15(13)21/h2-5,8,13H,6-7,9H2,1H3,(H,18,21)(H,17,19,20)/t13-/m1/s1. The summed E-state index contributed by atoms with van der Waals surface area (Å²) < 4.78 is 0. The lowest BCUT2D eigenvalue weighted by Gasteiger charge is -2.12. The second-order valence-electron chi connectivity index (χ2n) is 5.31. The first kappa shape index (κ1) is 16.0. The van der Waals surface area contributed by atoms with Gasteiger partial charge in [-0.15, -0.1) is 23.1 Å². The van der Waals surface area contributed by atoms with E-state index >= 15 is 0 Å². The van der Waals surface area contributed by atoms with Gasteiger partial charge in [-0.2, -0.15) is 0 Å². The molecule has 0 saturated heterocycles. The molecule has 0 unspecified atom stereocenters. The van der Waals surface area contributed by atoms with Crippen LogP contribution in [0.2, 0.25) is 0 Å². The van der Waals surface area contributed by atoms with E-state index in [9.17, 15) is 9.59 Å². The third kappa shape index (κ3) is 4.11. The molecule has 1 atom stereocenters. The zero-order valence-corrected chi connectivity index (χ0v) is 14.3. The van der Waals surface area contributed by atoms with Crippen LogP contribution in [0.4, 0.5) is 10.8 Å². The van der Waals surface area contributed by atoms with E-state index < -0.39 is 0 Å². The number of hydrogen-bond donors (Lipinski definition) is 2. The Morgan fingerprint density at radius 2 is 2.30 bits per heavy atom. The summed E-state index contributed by atoms with van der Waals surface area (Å²) in [6.07, 6.45) is 3.29. The summed E-state index contributed by atoms with van der Waals surface area (Å²) in [6, 6.07) is 7.83. The maximum absolute atomic E-state index is 12.3. The lowest BCUT2D eigenvalue weighted by molar-refractivity contribution is -0.115. The van der Waals surface area contributed by atoms with Gasteiger partial charge in [-0.3, -0.25) is 9.59 Å². The molecule has 1 aliphatic heterocycles. The molecular formula is C16H17N3O2S2. The number of fused-ring (bicyclic) bond motifs is 1. The summed E-state index contributed by atoms with van der Waals surface area (Å²) in [7, 11) is 0. The average Bonchev–Trinajstić information content (AvgIpc) is 2.85. The summed E-state index contributed by atoms with van der Waals surface area (Å²) in [5.74, 6) is 0.0873. The lowest BCUT2D eigenvalue weighted by Crippen LogP contribution is -2.26. The van der Waals surface area contributed by atoms with Crippen molar-refractivity contribution in [2.24, 2.45) is 0 Å². The molecule has 0 saturated carbocycles. The fraction of sp³-hybridized carbons (Fsp3) is 0.312. The highest BCUT2D eigenvalue weighted by atomic mass is 32.2. The number of carbonyl (C=O) groups excluding carboxylic acids is 2. The van der Waals surface area contributed by atoms with Crippen LogP contribution >= 0.6 is 23.1 Å². The van der Waals surface area contributed by atoms with E-state index in [2.05, 4.69) is 15.6 Å². The maximum Gasteiger partial charge on any atom is 0.237 e. The predicted molar refractivity (Wildman–Crippen MR) is 95.1 cm³/mol. The smallest absolute Gasteiger partial charge is 0.237 e. The fourth-order valence-electron chi connectivity index (χ4n) is 2.39. The van der Waals surface area contributed by atoms with Gasteiger partial charge >= 0.3 is 0 Å². The maximum atomic E-state index is 12.3. The summed E-state index contributed by atoms with van der Waals surface area (Å²) >= 11 is 2.82. The topological polar surface area (TPSA) is 71.1 Å². The van der Waals surface area contributed by atoms with Gasteiger partial charge in [-0.25, -0.2) is 4.98 Å². The van der Waals surface area contributed by atoms with Gasteiger partial charge in [0.15, 0.2) is 5.13 Å². The van der Waals surface area contributed by atoms with Crippen LogP contribution in [0.5, 0.6) is 0 Å². The number of rotatable bonds is 4. The summed E-state index contributed by atoms with van der Waals surface area (Å²) in [5.41, 5.74) is 2.02. The van der Waals surface area contributed by atoms with E-state index in [-0.39, 0.29) is 22.8 Å². The first-order chi connectivity index (χ1) is 11.1. The van der Waals surface area contributed by atoms with E-state index in [0.717, 1.165) is 29.0 Å². The Bertz CT molecular complexity index is 730. The first-order valence-corrected chi connectivity index (χ1v) is 9.21. The summed E-state index contributed by atoms with van der Waals surface area (Å²) in [5, 5.41) is 6.10. The molecule has 120 valence electrons. The number of thiazole rings is 1. The zero-order chi connectivity index (χ0) is 16.2. The van der Waals surface area contributed by atoms with Crippen LogP contribution in [-0.4, -0.2) is 27.8 Å². The van der Waals surface area contributed by atoms with Crippen molar-refractivity contribution in [3.05, 3.63) is 40.9 Å². The van der Waals surface area contributed by atoms with Gasteiger partial charge in [0.1, 0.15) is 0 Å². The zero-order valence-electron chi connectivity index (χ0n) is 12.7. The average molecular weight is 347 g/mol. The number of benzene rings is 1. The number of para-hydroxylation sites is 1. The second kappa shape index (κ2) is 7.14. The van der Waals surface area contributed by atoms with Gasteiger partial charge in [-0.05, 0) is 31.4 Å². The van der Waals surface area contributed by atoms with Crippen LogP contribution in [0.25, 0.3) is 0 Å². The third-order valence-corrected chi connectivity index (χ3v) is 5.64. The Morgan fingerprint density at radius 1 is 1.48 bits per heavy atom. The van der Waals surface area contributed by atoms with E-state index in [0.29, 0.717) is 5.13 Å². The van der Waals surface area contributed by atoms with Gasteiger partial charge in [0.05, 0.1) is 11.0 Å². The van der Waals surface area contributed by atoms with Crippen molar-refractivity contribution in [1.29, 1.82) is 0 Å². The number of aromatic nitrogens is 1. The molecule has 23 heavy (non-hydrogen) atoms. The number of amides is 2. The first-order valence-electron chi connectivity index (χ1n) is 7.34. The van der Waals surface area contributed by atoms with E-state index in [4.69, 9.17) is 0 Å². The molecule has 2 heterocycles. The summed E-state index contributed by atoms with van der Waals surface area (Å²) in [4.78, 5) is 29.4. The number of thioether (sulfide) groups is 1. The minimum atomic E-state index is -0.216. The van der Waals surface area contributed by atoms with Crippen molar-refractivity contribution in [2.75, 3.05) is 16.4 Å². The van der Waals surface area contributed by atoms with Crippen molar-refractivity contribution < 1.29 is 9.59 Å². The normalized spacial score (nSPS) is 17.1. The molecule has 1 aromatic heterocycles. The molecule has 1 aromatic carbocycles. The van der Waals surface area contributed by atoms with Crippen LogP contribution in [0.1, 0.15) is 16.9 Å². The Hall–Kier alpha value is -1.86. The van der Waals surface area contributed by atoms with Crippen molar-refractivity contribution in [1.82, 2.24) is 4.98 Å². The number of aryl methyl sites for hydroxylation is 2. The van der Waals surface area contributed by atoms with Crippen LogP contribution in [0.15, 0.2) is 30.5 Å². The fourth-order valence-corrected chi connectivity index (χ4v) is 3.99. The Labute approximate surface area is 142 Å². The molecule has 0 bridgehead atoms. The number of carbonyl (C=O) groups is 2. The highest BCUT2D eigenvalue weighted by Gasteiger charge is 2.24. The minimum absolute atomic E-state index is 0.0298. The lowest BCUT2D eigenvalue weighted by atomic mass is 10.1. The number of nitrogens with zero attached hydrogens (tertiary/aromatic N) is 1. The SMILES string of the molecule is Cc1cnc(NC(=O)CS[C@@H]2CCc3ccccc3NC2=O)s1. The van der Waals surface area contributed by atoms with Gasteiger partial charge in [-0.1, -0.05) is 18.2 Å². The molecule has 3 rings (SSSR count). The highest BCUT2D eigenvalue weighted by molar-refractivity contribution is 8.01. The van der Waals surface area contributed by atoms with E-state index in [1.807, 2.05) is 31.2 Å². The van der Waals surface area contributed by atoms with Gasteiger partial charge in [0, 0.05) is 16.8 Å². The molecule has 2 N–H and O–H groups in total. The molecule has 7 heteroatoms. The van der Waals surface area contributed by atoms with Crippen molar-refractivity contribution in [3.63, 3.8) is 0 Å². The monoisotopic (exact) mass is 347 g/mol. The van der Waals surface area contributed by atoms with Gasteiger partial charge in [0.25, 0.3) is 0 Å². The Kier molecular flexibility index (Phi) is 4.97. The molecule has 0 radical (unpaired) electrons. The number of anilines is 2. The van der Waals surface area contributed by atoms with Crippen LogP contribution in [0.3, 0.4) is 0 Å². The molecule has 2 aromatic rings. The molecule has 5 nitrogen and oxygen atoms in total. The van der Waals surface area contributed by atoms with Crippen molar-refractivity contribution >= 4 is 45.7 Å². The van der Waals surface area contributed by atoms with Crippen LogP contribution < -0.4 is 10.6 Å². The molecule has 2 amide bonds. The highest BCUT2D eigenvalue weighted by Crippen LogP contribution is 2.27. The van der Waals surface area contributed by atoms with Crippen LogP contribution in [-0.2, 0) is 16.0 Å². The van der Waals surface area contributed by atoms with Crippen molar-refractivity contribution in [2.45, 2.75) is 25.0 Å². The largest absolute Gasteiger partial charge is 0.325 e. The predicted octanol–water partition coefficient (Wildman–Crippen LogP) is 3.08. The summed E-state index contributed by atoms with van der Waals surface area (Å²) in [6.45, 7) is 1.94. The Morgan fingerprint density at radius 3 is 3.09 bits per heavy atom. The quantitative estimate of drug-likeness (QED) is 0.892. The minimum Gasteiger partial charge on any atom is -0.325 e. The van der Waals surface area contributed by atoms with E-state index in [1.165, 1.54) is 23.1 Å². The molecule has 0 fully saturated rings. The second-order valence-corrected chi connectivity index (χ2v) is 7.73. The molecule has 1 aliphatic rings. The molecule has 0 aliphatic carbocycles. The molecule has 0 spiro atoms. The molecular weight excluding hydrogens is 330 g/mol. The van der Waals surface area contributed by atoms with Crippen molar-refractivity contribution in [3.8, 4) is 0 Å².